The molecule has 0 amide bonds. The number of carbonyl (C=O) groups excluding carboxylic acids is 1. The Morgan fingerprint density at radius 3 is 3.14 bits per heavy atom. The zero-order valence-electron chi connectivity index (χ0n) is 11.8. The molecule has 3 rings (SSSR count). The van der Waals surface area contributed by atoms with Crippen LogP contribution in [0.15, 0.2) is 16.6 Å². The summed E-state index contributed by atoms with van der Waals surface area (Å²) in [6.45, 7) is 3.95. The van der Waals surface area contributed by atoms with Crippen molar-refractivity contribution in [2.75, 3.05) is 31.3 Å². The Kier molecular flexibility index (Phi) is 4.17. The summed E-state index contributed by atoms with van der Waals surface area (Å²) >= 11 is 3.24. The number of anilines is 1. The first kappa shape index (κ1) is 14.8. The molecule has 1 aromatic rings. The fourth-order valence-electron chi connectivity index (χ4n) is 3.13. The summed E-state index contributed by atoms with van der Waals surface area (Å²) in [7, 11) is 0. The molecule has 1 saturated heterocycles. The molecule has 0 aromatic heterocycles. The van der Waals surface area contributed by atoms with Gasteiger partial charge in [-0.2, -0.15) is 0 Å². The van der Waals surface area contributed by atoms with Gasteiger partial charge >= 0.3 is 5.97 Å². The van der Waals surface area contributed by atoms with Gasteiger partial charge in [-0.1, -0.05) is 0 Å². The summed E-state index contributed by atoms with van der Waals surface area (Å²) in [5, 5.41) is 0. The third-order valence-corrected chi connectivity index (χ3v) is 4.70. The molecule has 4 nitrogen and oxygen atoms in total. The monoisotopic (exact) mass is 357 g/mol. The summed E-state index contributed by atoms with van der Waals surface area (Å²) in [6, 6.07) is 3.27. The molecular formula is C15H17BrFNO3. The molecule has 0 radical (unpaired) electrons. The van der Waals surface area contributed by atoms with Crippen LogP contribution in [0.2, 0.25) is 0 Å². The zero-order valence-corrected chi connectivity index (χ0v) is 13.4. The van der Waals surface area contributed by atoms with Crippen molar-refractivity contribution in [2.45, 2.75) is 19.4 Å². The maximum absolute atomic E-state index is 13.8. The highest BCUT2D eigenvalue weighted by molar-refractivity contribution is 9.10. The normalized spacial score (nSPS) is 24.2. The molecule has 0 aliphatic carbocycles. The van der Waals surface area contributed by atoms with E-state index in [0.717, 1.165) is 11.3 Å². The number of hydrogen-bond donors (Lipinski definition) is 0. The van der Waals surface area contributed by atoms with Crippen LogP contribution in [0.25, 0.3) is 0 Å². The van der Waals surface area contributed by atoms with Crippen molar-refractivity contribution in [3.05, 3.63) is 28.0 Å². The highest BCUT2D eigenvalue weighted by atomic mass is 79.9. The van der Waals surface area contributed by atoms with Crippen molar-refractivity contribution in [2.24, 2.45) is 5.92 Å². The molecule has 0 bridgehead atoms. The van der Waals surface area contributed by atoms with Crippen LogP contribution >= 0.6 is 15.9 Å². The molecule has 2 unspecified atom stereocenters. The molecule has 1 fully saturated rings. The lowest BCUT2D eigenvalue weighted by Crippen LogP contribution is -2.55. The average Bonchev–Trinajstić information content (AvgIpc) is 2.48. The Balaban J connectivity index is 2.00. The second-order valence-electron chi connectivity index (χ2n) is 5.29. The molecule has 2 heterocycles. The van der Waals surface area contributed by atoms with Gasteiger partial charge in [0.05, 0.1) is 36.3 Å². The number of benzene rings is 1. The minimum absolute atomic E-state index is 0.0392. The van der Waals surface area contributed by atoms with Crippen molar-refractivity contribution in [1.29, 1.82) is 0 Å². The zero-order chi connectivity index (χ0) is 15.0. The Hall–Kier alpha value is -1.14. The van der Waals surface area contributed by atoms with Crippen LogP contribution in [0.1, 0.15) is 12.5 Å². The lowest BCUT2D eigenvalue weighted by molar-refractivity contribution is -0.150. The van der Waals surface area contributed by atoms with Crippen LogP contribution in [0.4, 0.5) is 10.1 Å². The quantitative estimate of drug-likeness (QED) is 0.762. The molecular weight excluding hydrogens is 341 g/mol. The molecule has 2 aliphatic heterocycles. The number of esters is 1. The van der Waals surface area contributed by atoms with Gasteiger partial charge in [0.25, 0.3) is 0 Å². The largest absolute Gasteiger partial charge is 0.466 e. The Morgan fingerprint density at radius 1 is 1.57 bits per heavy atom. The fraction of sp³-hybridized carbons (Fsp3) is 0.533. The van der Waals surface area contributed by atoms with Gasteiger partial charge < -0.3 is 14.4 Å². The second kappa shape index (κ2) is 5.93. The molecule has 1 aromatic carbocycles. The van der Waals surface area contributed by atoms with E-state index in [-0.39, 0.29) is 23.7 Å². The van der Waals surface area contributed by atoms with Crippen LogP contribution < -0.4 is 4.90 Å². The molecule has 0 spiro atoms. The van der Waals surface area contributed by atoms with Gasteiger partial charge in [0.2, 0.25) is 0 Å². The average molecular weight is 358 g/mol. The first-order valence-electron chi connectivity index (χ1n) is 7.10. The minimum Gasteiger partial charge on any atom is -0.466 e. The van der Waals surface area contributed by atoms with Gasteiger partial charge in [-0.05, 0) is 47.0 Å². The van der Waals surface area contributed by atoms with E-state index in [2.05, 4.69) is 20.8 Å². The van der Waals surface area contributed by atoms with E-state index in [1.54, 1.807) is 13.0 Å². The Labute approximate surface area is 131 Å². The van der Waals surface area contributed by atoms with Crippen LogP contribution in [0.3, 0.4) is 0 Å². The van der Waals surface area contributed by atoms with E-state index in [0.29, 0.717) is 37.3 Å². The van der Waals surface area contributed by atoms with Gasteiger partial charge in [0.1, 0.15) is 5.82 Å². The third-order valence-electron chi connectivity index (χ3n) is 4.09. The lowest BCUT2D eigenvalue weighted by atomic mass is 9.85. The second-order valence-corrected chi connectivity index (χ2v) is 6.15. The fourth-order valence-corrected chi connectivity index (χ4v) is 3.46. The summed E-state index contributed by atoms with van der Waals surface area (Å²) in [5.74, 6) is -0.839. The van der Waals surface area contributed by atoms with Crippen LogP contribution in [-0.2, 0) is 20.7 Å². The number of halogens is 2. The van der Waals surface area contributed by atoms with Crippen LogP contribution in [0.5, 0.6) is 0 Å². The maximum Gasteiger partial charge on any atom is 0.311 e. The Bertz CT molecular complexity index is 566. The first-order valence-corrected chi connectivity index (χ1v) is 7.90. The smallest absolute Gasteiger partial charge is 0.311 e. The number of nitrogens with zero attached hydrogens (tertiary/aromatic N) is 1. The summed E-state index contributed by atoms with van der Waals surface area (Å²) in [5.41, 5.74) is 1.84. The van der Waals surface area contributed by atoms with E-state index < -0.39 is 0 Å². The topological polar surface area (TPSA) is 38.8 Å². The number of rotatable bonds is 2. The van der Waals surface area contributed by atoms with E-state index in [9.17, 15) is 9.18 Å². The molecule has 2 atom stereocenters. The summed E-state index contributed by atoms with van der Waals surface area (Å²) < 4.78 is 25.0. The first-order chi connectivity index (χ1) is 10.1. The van der Waals surface area contributed by atoms with E-state index >= 15 is 0 Å². The van der Waals surface area contributed by atoms with Gasteiger partial charge in [-0.3, -0.25) is 4.79 Å². The predicted molar refractivity (Wildman–Crippen MR) is 79.9 cm³/mol. The lowest BCUT2D eigenvalue weighted by Gasteiger charge is -2.45. The van der Waals surface area contributed by atoms with Gasteiger partial charge in [0.15, 0.2) is 0 Å². The highest BCUT2D eigenvalue weighted by Crippen LogP contribution is 2.38. The van der Waals surface area contributed by atoms with E-state index in [1.165, 1.54) is 6.07 Å². The number of morpholine rings is 1. The molecule has 114 valence electrons. The standard InChI is InChI=1S/C15H17BrFNO3/c1-2-21-15(19)10-5-9-6-12(17)11(16)7-13(9)18-3-4-20-8-14(10)18/h6-7,10,14H,2-5,8H2,1H3. The van der Waals surface area contributed by atoms with E-state index in [1.807, 2.05) is 0 Å². The maximum atomic E-state index is 13.8. The number of hydrogen-bond acceptors (Lipinski definition) is 4. The van der Waals surface area contributed by atoms with Crippen molar-refractivity contribution < 1.29 is 18.7 Å². The molecule has 6 heteroatoms. The van der Waals surface area contributed by atoms with E-state index in [4.69, 9.17) is 9.47 Å². The molecule has 2 aliphatic rings. The van der Waals surface area contributed by atoms with Gasteiger partial charge in [-0.15, -0.1) is 0 Å². The number of fused-ring (bicyclic) bond motifs is 3. The SMILES string of the molecule is CCOC(=O)C1Cc2cc(F)c(Br)cc2N2CCOCC12. The van der Waals surface area contributed by atoms with Crippen LogP contribution in [0, 0.1) is 11.7 Å². The van der Waals surface area contributed by atoms with Crippen molar-refractivity contribution in [3.8, 4) is 0 Å². The molecule has 21 heavy (non-hydrogen) atoms. The van der Waals surface area contributed by atoms with Crippen molar-refractivity contribution in [1.82, 2.24) is 0 Å². The minimum atomic E-state index is -0.307. The Morgan fingerprint density at radius 2 is 2.38 bits per heavy atom. The van der Waals surface area contributed by atoms with Crippen molar-refractivity contribution >= 4 is 27.6 Å². The van der Waals surface area contributed by atoms with Crippen LogP contribution in [-0.4, -0.2) is 38.4 Å². The number of ether oxygens (including phenoxy) is 2. The summed E-state index contributed by atoms with van der Waals surface area (Å²) in [6.07, 6.45) is 0.489. The van der Waals surface area contributed by atoms with Gasteiger partial charge in [0, 0.05) is 12.2 Å². The third kappa shape index (κ3) is 2.66. The molecule has 0 saturated carbocycles. The van der Waals surface area contributed by atoms with Gasteiger partial charge in [-0.25, -0.2) is 4.39 Å². The summed E-state index contributed by atoms with van der Waals surface area (Å²) in [4.78, 5) is 14.4. The van der Waals surface area contributed by atoms with Crippen molar-refractivity contribution in [3.63, 3.8) is 0 Å². The highest BCUT2D eigenvalue weighted by Gasteiger charge is 2.41. The predicted octanol–water partition coefficient (Wildman–Crippen LogP) is 2.53. The number of carbonyl (C=O) groups is 1. The molecule has 0 N–H and O–H groups in total.